The average molecular weight is 508 g/mol. The highest BCUT2D eigenvalue weighted by molar-refractivity contribution is 7.07. The first-order valence-corrected chi connectivity index (χ1v) is 11.7. The molecule has 1 aliphatic heterocycles. The molecule has 1 aliphatic rings. The van der Waals surface area contributed by atoms with Crippen LogP contribution >= 0.6 is 11.3 Å². The predicted octanol–water partition coefficient (Wildman–Crippen LogP) is 2.63. The van der Waals surface area contributed by atoms with Gasteiger partial charge in [-0.05, 0) is 43.2 Å². The molecule has 0 spiro atoms. The number of rotatable bonds is 6. The van der Waals surface area contributed by atoms with Crippen molar-refractivity contribution in [2.45, 2.75) is 26.8 Å². The van der Waals surface area contributed by atoms with Crippen molar-refractivity contribution in [3.63, 3.8) is 0 Å². The molecular formula is C25H21N3O7S. The summed E-state index contributed by atoms with van der Waals surface area (Å²) >= 11 is 1.12. The summed E-state index contributed by atoms with van der Waals surface area (Å²) in [6.07, 6.45) is 1.63. The van der Waals surface area contributed by atoms with Crippen LogP contribution in [0.3, 0.4) is 0 Å². The quantitative estimate of drug-likeness (QED) is 0.217. The Kier molecular flexibility index (Phi) is 6.93. The zero-order valence-corrected chi connectivity index (χ0v) is 20.4. The number of benzene rings is 2. The fourth-order valence-corrected chi connectivity index (χ4v) is 4.95. The lowest BCUT2D eigenvalue weighted by molar-refractivity contribution is -0.384. The van der Waals surface area contributed by atoms with E-state index in [9.17, 15) is 24.5 Å². The summed E-state index contributed by atoms with van der Waals surface area (Å²) < 4.78 is 12.0. The van der Waals surface area contributed by atoms with Gasteiger partial charge in [0.15, 0.2) is 4.80 Å². The number of thiazole rings is 1. The molecule has 0 amide bonds. The van der Waals surface area contributed by atoms with Crippen LogP contribution < -0.4 is 19.6 Å². The molecule has 2 aromatic carbocycles. The number of hydrogen-bond acceptors (Lipinski definition) is 9. The molecule has 0 unspecified atom stereocenters. The van der Waals surface area contributed by atoms with E-state index >= 15 is 0 Å². The first kappa shape index (κ1) is 24.7. The van der Waals surface area contributed by atoms with E-state index in [4.69, 9.17) is 9.47 Å². The van der Waals surface area contributed by atoms with Crippen LogP contribution in [0.4, 0.5) is 5.69 Å². The SMILES string of the molecule is CCOC(=O)C1=C(C)N=c2s/c(=C\c3cccc(OC(C)=O)c3)c(=O)n2[C@@H]1c1cccc([N+](=O)[O-])c1. The second-order valence-corrected chi connectivity index (χ2v) is 8.83. The van der Waals surface area contributed by atoms with Crippen molar-refractivity contribution in [3.8, 4) is 5.75 Å². The number of hydrogen-bond donors (Lipinski definition) is 0. The highest BCUT2D eigenvalue weighted by Gasteiger charge is 2.34. The molecule has 0 radical (unpaired) electrons. The van der Waals surface area contributed by atoms with E-state index in [1.807, 2.05) is 0 Å². The Morgan fingerprint density at radius 2 is 1.97 bits per heavy atom. The smallest absolute Gasteiger partial charge is 0.338 e. The first-order valence-electron chi connectivity index (χ1n) is 10.9. The Hall–Kier alpha value is -4.38. The maximum absolute atomic E-state index is 13.6. The van der Waals surface area contributed by atoms with Crippen LogP contribution in [0.5, 0.6) is 5.75 Å². The topological polar surface area (TPSA) is 130 Å². The number of nitro benzene ring substituents is 1. The molecular weight excluding hydrogens is 486 g/mol. The van der Waals surface area contributed by atoms with Crippen molar-refractivity contribution >= 4 is 35.0 Å². The molecule has 0 saturated carbocycles. The van der Waals surface area contributed by atoms with E-state index < -0.39 is 28.5 Å². The van der Waals surface area contributed by atoms with E-state index in [1.54, 1.807) is 50.3 Å². The fourth-order valence-electron chi connectivity index (χ4n) is 3.90. The van der Waals surface area contributed by atoms with E-state index in [-0.39, 0.29) is 17.9 Å². The summed E-state index contributed by atoms with van der Waals surface area (Å²) in [5.41, 5.74) is 0.887. The second-order valence-electron chi connectivity index (χ2n) is 7.82. The van der Waals surface area contributed by atoms with Crippen LogP contribution in [-0.4, -0.2) is 28.0 Å². The number of nitro groups is 1. The Morgan fingerprint density at radius 3 is 2.67 bits per heavy atom. The van der Waals surface area contributed by atoms with Crippen molar-refractivity contribution in [2.24, 2.45) is 4.99 Å². The molecule has 1 atom stereocenters. The number of esters is 2. The molecule has 0 N–H and O–H groups in total. The van der Waals surface area contributed by atoms with Gasteiger partial charge in [-0.2, -0.15) is 0 Å². The van der Waals surface area contributed by atoms with E-state index in [2.05, 4.69) is 4.99 Å². The van der Waals surface area contributed by atoms with Gasteiger partial charge in [0.25, 0.3) is 11.2 Å². The number of allylic oxidation sites excluding steroid dienone is 1. The summed E-state index contributed by atoms with van der Waals surface area (Å²) in [6, 6.07) is 11.5. The van der Waals surface area contributed by atoms with E-state index in [0.717, 1.165) is 11.3 Å². The lowest BCUT2D eigenvalue weighted by Gasteiger charge is -2.24. The lowest BCUT2D eigenvalue weighted by atomic mass is 9.95. The standard InChI is InChI=1S/C25H21N3O7S/c1-4-34-24(31)21-14(2)26-25-27(22(21)17-8-6-9-18(13-17)28(32)33)23(30)20(36-25)12-16-7-5-10-19(11-16)35-15(3)29/h5-13,22H,4H2,1-3H3/b20-12-/t22-/m1/s1. The minimum atomic E-state index is -0.963. The van der Waals surface area contributed by atoms with Crippen LogP contribution in [-0.2, 0) is 14.3 Å². The van der Waals surface area contributed by atoms with Crippen LogP contribution in [0.15, 0.2) is 69.6 Å². The van der Waals surface area contributed by atoms with Gasteiger partial charge in [-0.25, -0.2) is 9.79 Å². The zero-order valence-electron chi connectivity index (χ0n) is 19.6. The lowest BCUT2D eigenvalue weighted by Crippen LogP contribution is -2.40. The largest absolute Gasteiger partial charge is 0.463 e. The molecule has 2 heterocycles. The van der Waals surface area contributed by atoms with Gasteiger partial charge in [-0.1, -0.05) is 35.6 Å². The molecule has 0 saturated heterocycles. The van der Waals surface area contributed by atoms with Gasteiger partial charge in [0.2, 0.25) is 0 Å². The number of non-ortho nitro benzene ring substituents is 1. The first-order chi connectivity index (χ1) is 17.2. The number of nitrogens with zero attached hydrogens (tertiary/aromatic N) is 3. The van der Waals surface area contributed by atoms with Gasteiger partial charge in [-0.3, -0.25) is 24.3 Å². The van der Waals surface area contributed by atoms with Crippen LogP contribution in [0.25, 0.3) is 6.08 Å². The molecule has 36 heavy (non-hydrogen) atoms. The Balaban J connectivity index is 1.93. The minimum Gasteiger partial charge on any atom is -0.463 e. The zero-order chi connectivity index (χ0) is 26.0. The summed E-state index contributed by atoms with van der Waals surface area (Å²) in [5.74, 6) is -0.789. The second kappa shape index (κ2) is 10.1. The molecule has 11 heteroatoms. The van der Waals surface area contributed by atoms with Gasteiger partial charge in [0.1, 0.15) is 5.75 Å². The molecule has 4 rings (SSSR count). The van der Waals surface area contributed by atoms with Gasteiger partial charge >= 0.3 is 11.9 Å². The Bertz CT molecular complexity index is 1600. The highest BCUT2D eigenvalue weighted by Crippen LogP contribution is 2.32. The summed E-state index contributed by atoms with van der Waals surface area (Å²) in [5, 5.41) is 11.4. The minimum absolute atomic E-state index is 0.111. The Labute approximate surface area is 208 Å². The average Bonchev–Trinajstić information content (AvgIpc) is 3.12. The number of fused-ring (bicyclic) bond motifs is 1. The number of ether oxygens (including phenoxy) is 2. The summed E-state index contributed by atoms with van der Waals surface area (Å²) in [4.78, 5) is 53.5. The van der Waals surface area contributed by atoms with E-state index in [0.29, 0.717) is 31.9 Å². The van der Waals surface area contributed by atoms with Crippen molar-refractivity contribution in [1.82, 2.24) is 4.57 Å². The number of carbonyl (C=O) groups excluding carboxylic acids is 2. The van der Waals surface area contributed by atoms with Gasteiger partial charge in [0, 0.05) is 19.1 Å². The fraction of sp³-hybridized carbons (Fsp3) is 0.200. The number of aromatic nitrogens is 1. The molecule has 10 nitrogen and oxygen atoms in total. The van der Waals surface area contributed by atoms with Gasteiger partial charge < -0.3 is 9.47 Å². The maximum atomic E-state index is 13.6. The van der Waals surface area contributed by atoms with E-state index in [1.165, 1.54) is 29.7 Å². The number of carbonyl (C=O) groups is 2. The van der Waals surface area contributed by atoms with Crippen molar-refractivity contribution in [3.05, 3.63) is 101 Å². The van der Waals surface area contributed by atoms with Crippen LogP contribution in [0.2, 0.25) is 0 Å². The molecule has 3 aromatic rings. The highest BCUT2D eigenvalue weighted by atomic mass is 32.1. The predicted molar refractivity (Wildman–Crippen MR) is 131 cm³/mol. The molecule has 1 aromatic heterocycles. The Morgan fingerprint density at radius 1 is 1.22 bits per heavy atom. The normalized spacial score (nSPS) is 15.2. The third-order valence-corrected chi connectivity index (χ3v) is 6.31. The summed E-state index contributed by atoms with van der Waals surface area (Å²) in [6.45, 7) is 4.70. The third-order valence-electron chi connectivity index (χ3n) is 5.33. The molecule has 0 fully saturated rings. The van der Waals surface area contributed by atoms with Crippen LogP contribution in [0.1, 0.15) is 37.9 Å². The van der Waals surface area contributed by atoms with Gasteiger partial charge in [0.05, 0.1) is 33.4 Å². The monoisotopic (exact) mass is 507 g/mol. The third kappa shape index (κ3) is 4.86. The molecule has 0 aliphatic carbocycles. The van der Waals surface area contributed by atoms with Crippen molar-refractivity contribution in [2.75, 3.05) is 6.61 Å². The molecule has 184 valence electrons. The molecule has 0 bridgehead atoms. The maximum Gasteiger partial charge on any atom is 0.338 e. The van der Waals surface area contributed by atoms with Crippen molar-refractivity contribution in [1.29, 1.82) is 0 Å². The van der Waals surface area contributed by atoms with Crippen molar-refractivity contribution < 1.29 is 24.0 Å². The summed E-state index contributed by atoms with van der Waals surface area (Å²) in [7, 11) is 0. The van der Waals surface area contributed by atoms with Gasteiger partial charge in [-0.15, -0.1) is 0 Å². The van der Waals surface area contributed by atoms with Crippen LogP contribution in [0, 0.1) is 10.1 Å².